The van der Waals surface area contributed by atoms with Gasteiger partial charge in [0.2, 0.25) is 0 Å². The summed E-state index contributed by atoms with van der Waals surface area (Å²) in [5.41, 5.74) is 1.09. The van der Waals surface area contributed by atoms with Gasteiger partial charge in [-0.05, 0) is 38.3 Å². The van der Waals surface area contributed by atoms with Crippen LogP contribution in [0.15, 0.2) is 29.3 Å². The Balaban J connectivity index is 0.00000392. The van der Waals surface area contributed by atoms with Crippen LogP contribution in [0.5, 0.6) is 5.75 Å². The number of likely N-dealkylation sites (tertiary alicyclic amines) is 1. The quantitative estimate of drug-likeness (QED) is 0.317. The number of nitrogens with one attached hydrogen (secondary N) is 2. The molecule has 2 N–H and O–H groups in total. The van der Waals surface area contributed by atoms with Crippen LogP contribution < -0.4 is 15.4 Å². The third-order valence-corrected chi connectivity index (χ3v) is 4.28. The number of halogens is 4. The lowest BCUT2D eigenvalue weighted by Gasteiger charge is -2.19. The molecular weight excluding hydrogens is 484 g/mol. The third kappa shape index (κ3) is 8.85. The van der Waals surface area contributed by atoms with Crippen molar-refractivity contribution in [3.63, 3.8) is 0 Å². The van der Waals surface area contributed by atoms with Crippen molar-refractivity contribution >= 4 is 29.9 Å². The largest absolute Gasteiger partial charge is 0.494 e. The van der Waals surface area contributed by atoms with Crippen LogP contribution in [0.2, 0.25) is 0 Å². The summed E-state index contributed by atoms with van der Waals surface area (Å²) in [6.07, 6.45) is -2.74. The van der Waals surface area contributed by atoms with Gasteiger partial charge in [0, 0.05) is 32.2 Å². The fraction of sp³-hybridized carbons (Fsp3) is 0.632. The Morgan fingerprint density at radius 1 is 1.29 bits per heavy atom. The van der Waals surface area contributed by atoms with Gasteiger partial charge in [0.1, 0.15) is 5.75 Å². The van der Waals surface area contributed by atoms with Crippen LogP contribution in [0, 0.1) is 0 Å². The average Bonchev–Trinajstić information content (AvgIpc) is 3.01. The van der Waals surface area contributed by atoms with Gasteiger partial charge < -0.3 is 15.4 Å². The molecule has 1 unspecified atom stereocenters. The lowest BCUT2D eigenvalue weighted by molar-refractivity contribution is -0.143. The SMILES string of the molecule is CCNC(=NCCc1ccccc1OCC)NC1CCN(CC(F)(F)F)C1.I. The third-order valence-electron chi connectivity index (χ3n) is 4.28. The molecule has 0 saturated carbocycles. The van der Waals surface area contributed by atoms with Gasteiger partial charge in [0.15, 0.2) is 5.96 Å². The van der Waals surface area contributed by atoms with Crippen molar-refractivity contribution in [3.05, 3.63) is 29.8 Å². The minimum atomic E-state index is -4.15. The molecule has 1 atom stereocenters. The Kier molecular flexibility index (Phi) is 10.9. The highest BCUT2D eigenvalue weighted by Gasteiger charge is 2.34. The van der Waals surface area contributed by atoms with Gasteiger partial charge in [-0.1, -0.05) is 18.2 Å². The molecule has 0 aliphatic carbocycles. The van der Waals surface area contributed by atoms with E-state index in [1.807, 2.05) is 38.1 Å². The second-order valence-corrected chi connectivity index (χ2v) is 6.53. The van der Waals surface area contributed by atoms with Crippen molar-refractivity contribution in [2.75, 3.05) is 39.3 Å². The van der Waals surface area contributed by atoms with E-state index in [0.29, 0.717) is 45.2 Å². The first-order chi connectivity index (χ1) is 12.9. The van der Waals surface area contributed by atoms with Crippen LogP contribution in [0.3, 0.4) is 0 Å². The number of alkyl halides is 3. The second kappa shape index (κ2) is 12.4. The van der Waals surface area contributed by atoms with E-state index in [4.69, 9.17) is 4.74 Å². The monoisotopic (exact) mass is 514 g/mol. The van der Waals surface area contributed by atoms with Crippen molar-refractivity contribution in [2.24, 2.45) is 4.99 Å². The first kappa shape index (κ1) is 24.8. The zero-order chi connectivity index (χ0) is 19.7. The maximum absolute atomic E-state index is 12.5. The Hall–Kier alpha value is -1.23. The van der Waals surface area contributed by atoms with E-state index in [2.05, 4.69) is 15.6 Å². The number of benzene rings is 1. The van der Waals surface area contributed by atoms with Gasteiger partial charge in [0.25, 0.3) is 0 Å². The van der Waals surface area contributed by atoms with Gasteiger partial charge in [0.05, 0.1) is 13.2 Å². The Morgan fingerprint density at radius 2 is 2.04 bits per heavy atom. The van der Waals surface area contributed by atoms with Crippen molar-refractivity contribution in [3.8, 4) is 5.75 Å². The van der Waals surface area contributed by atoms with Crippen LogP contribution in [0.25, 0.3) is 0 Å². The van der Waals surface area contributed by atoms with Crippen molar-refractivity contribution < 1.29 is 17.9 Å². The minimum absolute atomic E-state index is 0. The number of nitrogens with zero attached hydrogens (tertiary/aromatic N) is 2. The molecule has 0 aromatic heterocycles. The lowest BCUT2D eigenvalue weighted by atomic mass is 10.1. The summed E-state index contributed by atoms with van der Waals surface area (Å²) in [6, 6.07) is 7.85. The van der Waals surface area contributed by atoms with Crippen LogP contribution in [0.1, 0.15) is 25.8 Å². The Morgan fingerprint density at radius 3 is 2.71 bits per heavy atom. The fourth-order valence-electron chi connectivity index (χ4n) is 3.16. The molecule has 1 saturated heterocycles. The zero-order valence-corrected chi connectivity index (χ0v) is 18.7. The predicted octanol–water partition coefficient (Wildman–Crippen LogP) is 3.44. The highest BCUT2D eigenvalue weighted by Crippen LogP contribution is 2.20. The molecule has 1 aliphatic rings. The molecule has 1 aliphatic heterocycles. The highest BCUT2D eigenvalue weighted by molar-refractivity contribution is 14.0. The summed E-state index contributed by atoms with van der Waals surface area (Å²) in [6.45, 7) is 5.75. The first-order valence-electron chi connectivity index (χ1n) is 9.46. The molecule has 1 heterocycles. The summed E-state index contributed by atoms with van der Waals surface area (Å²) >= 11 is 0. The molecule has 0 spiro atoms. The summed E-state index contributed by atoms with van der Waals surface area (Å²) in [5, 5.41) is 6.42. The first-order valence-corrected chi connectivity index (χ1v) is 9.46. The van der Waals surface area contributed by atoms with Crippen LogP contribution in [-0.2, 0) is 6.42 Å². The van der Waals surface area contributed by atoms with Gasteiger partial charge >= 0.3 is 6.18 Å². The maximum Gasteiger partial charge on any atom is 0.401 e. The Bertz CT molecular complexity index is 613. The summed E-state index contributed by atoms with van der Waals surface area (Å²) in [7, 11) is 0. The average molecular weight is 514 g/mol. The number of aliphatic imine (C=N–C) groups is 1. The summed E-state index contributed by atoms with van der Waals surface area (Å²) in [4.78, 5) is 6.00. The molecule has 0 bridgehead atoms. The van der Waals surface area contributed by atoms with Crippen molar-refractivity contribution in [1.29, 1.82) is 0 Å². The lowest BCUT2D eigenvalue weighted by Crippen LogP contribution is -2.45. The molecule has 1 fully saturated rings. The van der Waals surface area contributed by atoms with Crippen LogP contribution in [-0.4, -0.2) is 62.4 Å². The van der Waals surface area contributed by atoms with E-state index in [1.165, 1.54) is 4.90 Å². The molecular formula is C19H30F3IN4O. The number of hydrogen-bond acceptors (Lipinski definition) is 3. The molecule has 160 valence electrons. The molecule has 28 heavy (non-hydrogen) atoms. The predicted molar refractivity (Wildman–Crippen MR) is 117 cm³/mol. The normalized spacial score (nSPS) is 17.9. The molecule has 5 nitrogen and oxygen atoms in total. The van der Waals surface area contributed by atoms with Crippen molar-refractivity contribution in [1.82, 2.24) is 15.5 Å². The van der Waals surface area contributed by atoms with Gasteiger partial charge in [-0.25, -0.2) is 0 Å². The number of ether oxygens (including phenoxy) is 1. The molecule has 0 amide bonds. The van der Waals surface area contributed by atoms with Gasteiger partial charge in [-0.15, -0.1) is 24.0 Å². The van der Waals surface area contributed by atoms with E-state index in [9.17, 15) is 13.2 Å². The molecule has 1 aromatic rings. The summed E-state index contributed by atoms with van der Waals surface area (Å²) in [5.74, 6) is 1.51. The molecule has 2 rings (SSSR count). The van der Waals surface area contributed by atoms with E-state index < -0.39 is 12.7 Å². The Labute approximate surface area is 182 Å². The smallest absolute Gasteiger partial charge is 0.401 e. The maximum atomic E-state index is 12.5. The number of hydrogen-bond donors (Lipinski definition) is 2. The van der Waals surface area contributed by atoms with Gasteiger partial charge in [-0.2, -0.15) is 13.2 Å². The number of para-hydroxylation sites is 1. The van der Waals surface area contributed by atoms with Crippen LogP contribution in [0.4, 0.5) is 13.2 Å². The highest BCUT2D eigenvalue weighted by atomic mass is 127. The standard InChI is InChI=1S/C19H29F3N4O.HI/c1-3-23-18(25-16-10-12-26(13-16)14-19(20,21)22)24-11-9-15-7-5-6-8-17(15)27-4-2;/h5-8,16H,3-4,9-14H2,1-2H3,(H2,23,24,25);1H. The van der Waals surface area contributed by atoms with E-state index in [-0.39, 0.29) is 30.0 Å². The number of guanidine groups is 1. The second-order valence-electron chi connectivity index (χ2n) is 6.53. The van der Waals surface area contributed by atoms with E-state index in [0.717, 1.165) is 17.7 Å². The molecule has 1 aromatic carbocycles. The van der Waals surface area contributed by atoms with E-state index in [1.54, 1.807) is 0 Å². The topological polar surface area (TPSA) is 48.9 Å². The number of rotatable bonds is 8. The minimum Gasteiger partial charge on any atom is -0.494 e. The van der Waals surface area contributed by atoms with E-state index >= 15 is 0 Å². The zero-order valence-electron chi connectivity index (χ0n) is 16.4. The van der Waals surface area contributed by atoms with Crippen molar-refractivity contribution in [2.45, 2.75) is 38.9 Å². The molecule has 9 heteroatoms. The van der Waals surface area contributed by atoms with Gasteiger partial charge in [-0.3, -0.25) is 9.89 Å². The summed E-state index contributed by atoms with van der Waals surface area (Å²) < 4.78 is 43.2. The molecule has 0 radical (unpaired) electrons. The fourth-order valence-corrected chi connectivity index (χ4v) is 3.16. The van der Waals surface area contributed by atoms with Crippen LogP contribution >= 0.6 is 24.0 Å².